The van der Waals surface area contributed by atoms with Gasteiger partial charge in [-0.15, -0.1) is 6.58 Å². The zero-order valence-electron chi connectivity index (χ0n) is 12.7. The number of hydrogen-bond acceptors (Lipinski definition) is 3. The lowest BCUT2D eigenvalue weighted by Crippen LogP contribution is -2.45. The number of alkyl halides is 4. The zero-order chi connectivity index (χ0) is 16.9. The zero-order valence-corrected chi connectivity index (χ0v) is 12.7. The van der Waals surface area contributed by atoms with Crippen molar-refractivity contribution in [3.63, 3.8) is 0 Å². The summed E-state index contributed by atoms with van der Waals surface area (Å²) >= 11 is 0. The predicted octanol–water partition coefficient (Wildman–Crippen LogP) is 3.45. The SMILES string of the molecule is C=CC[C@@H](c1cccc(OC(F)(F)C(F)F)c1)N1CCNCC1. The third-order valence-corrected chi connectivity index (χ3v) is 3.73. The number of halogens is 4. The van der Waals surface area contributed by atoms with E-state index >= 15 is 0 Å². The van der Waals surface area contributed by atoms with E-state index in [4.69, 9.17) is 0 Å². The lowest BCUT2D eigenvalue weighted by atomic mass is 10.0. The maximum atomic E-state index is 13.1. The summed E-state index contributed by atoms with van der Waals surface area (Å²) in [5.74, 6) is -0.267. The fraction of sp³-hybridized carbons (Fsp3) is 0.500. The maximum absolute atomic E-state index is 13.1. The highest BCUT2D eigenvalue weighted by molar-refractivity contribution is 5.31. The van der Waals surface area contributed by atoms with E-state index in [0.29, 0.717) is 6.42 Å². The Balaban J connectivity index is 2.19. The Morgan fingerprint density at radius 3 is 2.61 bits per heavy atom. The molecule has 1 heterocycles. The molecule has 1 fully saturated rings. The van der Waals surface area contributed by atoms with E-state index in [0.717, 1.165) is 31.7 Å². The van der Waals surface area contributed by atoms with Gasteiger partial charge in [0.05, 0.1) is 0 Å². The molecule has 0 aromatic heterocycles. The van der Waals surface area contributed by atoms with Crippen LogP contribution in [0.5, 0.6) is 5.75 Å². The van der Waals surface area contributed by atoms with Gasteiger partial charge in [0, 0.05) is 32.2 Å². The van der Waals surface area contributed by atoms with E-state index < -0.39 is 12.5 Å². The van der Waals surface area contributed by atoms with Crippen LogP contribution in [0.3, 0.4) is 0 Å². The molecule has 7 heteroatoms. The minimum absolute atomic E-state index is 0.0432. The van der Waals surface area contributed by atoms with Gasteiger partial charge in [-0.05, 0) is 24.1 Å². The summed E-state index contributed by atoms with van der Waals surface area (Å²) in [5, 5.41) is 3.24. The van der Waals surface area contributed by atoms with Crippen molar-refractivity contribution < 1.29 is 22.3 Å². The van der Waals surface area contributed by atoms with Gasteiger partial charge in [0.25, 0.3) is 0 Å². The van der Waals surface area contributed by atoms with Crippen LogP contribution in [-0.4, -0.2) is 43.6 Å². The molecular formula is C16H20F4N2O. The highest BCUT2D eigenvalue weighted by atomic mass is 19.3. The Labute approximate surface area is 132 Å². The molecule has 1 saturated heterocycles. The summed E-state index contributed by atoms with van der Waals surface area (Å²) in [6, 6.07) is 5.92. The van der Waals surface area contributed by atoms with Crippen molar-refractivity contribution in [2.75, 3.05) is 26.2 Å². The van der Waals surface area contributed by atoms with E-state index in [9.17, 15) is 17.6 Å². The second kappa shape index (κ2) is 7.79. The summed E-state index contributed by atoms with van der Waals surface area (Å²) in [7, 11) is 0. The molecule has 1 atom stereocenters. The highest BCUT2D eigenvalue weighted by Gasteiger charge is 2.44. The summed E-state index contributed by atoms with van der Waals surface area (Å²) in [4.78, 5) is 2.21. The molecule has 0 aliphatic carbocycles. The first-order valence-electron chi connectivity index (χ1n) is 7.44. The van der Waals surface area contributed by atoms with Crippen molar-refractivity contribution in [2.24, 2.45) is 0 Å². The number of nitrogens with zero attached hydrogens (tertiary/aromatic N) is 1. The van der Waals surface area contributed by atoms with Crippen LogP contribution in [0, 0.1) is 0 Å². The van der Waals surface area contributed by atoms with Gasteiger partial charge in [0.2, 0.25) is 0 Å². The molecule has 0 spiro atoms. The third kappa shape index (κ3) is 4.68. The minimum atomic E-state index is -4.50. The lowest BCUT2D eigenvalue weighted by molar-refractivity contribution is -0.253. The van der Waals surface area contributed by atoms with Crippen molar-refractivity contribution in [3.05, 3.63) is 42.5 Å². The molecule has 1 aromatic carbocycles. The smallest absolute Gasteiger partial charge is 0.428 e. The summed E-state index contributed by atoms with van der Waals surface area (Å²) in [6.45, 7) is 7.05. The van der Waals surface area contributed by atoms with Gasteiger partial charge in [-0.3, -0.25) is 4.90 Å². The van der Waals surface area contributed by atoms with Crippen molar-refractivity contribution in [3.8, 4) is 5.75 Å². The Kier molecular flexibility index (Phi) is 6.01. The van der Waals surface area contributed by atoms with Gasteiger partial charge in [-0.2, -0.15) is 17.6 Å². The number of ether oxygens (including phenoxy) is 1. The number of rotatable bonds is 7. The second-order valence-corrected chi connectivity index (χ2v) is 5.36. The second-order valence-electron chi connectivity index (χ2n) is 5.36. The average molecular weight is 332 g/mol. The maximum Gasteiger partial charge on any atom is 0.461 e. The van der Waals surface area contributed by atoms with Crippen LogP contribution in [0.4, 0.5) is 17.6 Å². The van der Waals surface area contributed by atoms with E-state index in [1.54, 1.807) is 12.1 Å². The van der Waals surface area contributed by atoms with E-state index in [-0.39, 0.29) is 11.8 Å². The molecule has 1 aromatic rings. The van der Waals surface area contributed by atoms with Crippen molar-refractivity contribution in [1.29, 1.82) is 0 Å². The normalized spacial score (nSPS) is 18.0. The fourth-order valence-corrected chi connectivity index (χ4v) is 2.63. The van der Waals surface area contributed by atoms with Crippen molar-refractivity contribution >= 4 is 0 Å². The van der Waals surface area contributed by atoms with Gasteiger partial charge in [0.15, 0.2) is 0 Å². The predicted molar refractivity (Wildman–Crippen MR) is 80.0 cm³/mol. The Morgan fingerprint density at radius 2 is 2.00 bits per heavy atom. The van der Waals surface area contributed by atoms with Crippen molar-refractivity contribution in [1.82, 2.24) is 10.2 Å². The molecule has 0 radical (unpaired) electrons. The quantitative estimate of drug-likeness (QED) is 0.611. The standard InChI is InChI=1S/C16H20F4N2O/c1-2-4-14(22-9-7-21-8-10-22)12-5-3-6-13(11-12)23-16(19,20)15(17)18/h2-3,5-6,11,14-15,21H,1,4,7-10H2/t14-/m0/s1. The first kappa shape index (κ1) is 17.7. The van der Waals surface area contributed by atoms with E-state index in [2.05, 4.69) is 21.5 Å². The largest absolute Gasteiger partial charge is 0.461 e. The van der Waals surface area contributed by atoms with E-state index in [1.807, 2.05) is 0 Å². The van der Waals surface area contributed by atoms with Crippen LogP contribution < -0.4 is 10.1 Å². The number of nitrogens with one attached hydrogen (secondary N) is 1. The molecule has 3 nitrogen and oxygen atoms in total. The number of benzene rings is 1. The topological polar surface area (TPSA) is 24.5 Å². The monoisotopic (exact) mass is 332 g/mol. The Bertz CT molecular complexity index is 519. The van der Waals surface area contributed by atoms with Crippen molar-refractivity contribution in [2.45, 2.75) is 25.0 Å². The molecule has 1 aliphatic rings. The molecule has 23 heavy (non-hydrogen) atoms. The molecule has 2 rings (SSSR count). The van der Waals surface area contributed by atoms with Gasteiger partial charge < -0.3 is 10.1 Å². The summed E-state index contributed by atoms with van der Waals surface area (Å²) < 4.78 is 54.8. The van der Waals surface area contributed by atoms with Crippen LogP contribution in [-0.2, 0) is 0 Å². The lowest BCUT2D eigenvalue weighted by Gasteiger charge is -2.35. The first-order valence-corrected chi connectivity index (χ1v) is 7.44. The fourth-order valence-electron chi connectivity index (χ4n) is 2.63. The molecule has 0 saturated carbocycles. The Morgan fingerprint density at radius 1 is 1.30 bits per heavy atom. The van der Waals surface area contributed by atoms with Gasteiger partial charge in [-0.25, -0.2) is 0 Å². The Hall–Kier alpha value is -1.60. The minimum Gasteiger partial charge on any atom is -0.428 e. The average Bonchev–Trinajstić information content (AvgIpc) is 2.53. The van der Waals surface area contributed by atoms with Crippen LogP contribution in [0.25, 0.3) is 0 Å². The van der Waals surface area contributed by atoms with Crippen LogP contribution in [0.1, 0.15) is 18.0 Å². The highest BCUT2D eigenvalue weighted by Crippen LogP contribution is 2.31. The van der Waals surface area contributed by atoms with Crippen LogP contribution in [0.15, 0.2) is 36.9 Å². The molecule has 0 amide bonds. The van der Waals surface area contributed by atoms with Crippen LogP contribution >= 0.6 is 0 Å². The summed E-state index contributed by atoms with van der Waals surface area (Å²) in [5.41, 5.74) is 0.745. The molecule has 1 N–H and O–H groups in total. The first-order chi connectivity index (χ1) is 10.9. The number of hydrogen-bond donors (Lipinski definition) is 1. The molecule has 0 unspecified atom stereocenters. The molecule has 0 bridgehead atoms. The van der Waals surface area contributed by atoms with Gasteiger partial charge in [0.1, 0.15) is 5.75 Å². The molecule has 128 valence electrons. The van der Waals surface area contributed by atoms with E-state index in [1.165, 1.54) is 18.2 Å². The molecule has 1 aliphatic heterocycles. The third-order valence-electron chi connectivity index (χ3n) is 3.73. The molecular weight excluding hydrogens is 312 g/mol. The van der Waals surface area contributed by atoms with Gasteiger partial charge in [-0.1, -0.05) is 18.2 Å². The van der Waals surface area contributed by atoms with Gasteiger partial charge >= 0.3 is 12.5 Å². The number of piperazine rings is 1. The summed E-state index contributed by atoms with van der Waals surface area (Å²) in [6.07, 6.45) is -5.98. The van der Waals surface area contributed by atoms with Crippen LogP contribution in [0.2, 0.25) is 0 Å².